The fraction of sp³-hybridized carbons (Fsp3) is 0.423. The largest absolute Gasteiger partial charge is 0.542 e. The second-order valence-corrected chi connectivity index (χ2v) is 9.29. The molecule has 2 aromatic heterocycles. The maximum atomic E-state index is 12.8. The Balaban J connectivity index is 0.000000638. The topological polar surface area (TPSA) is 141 Å². The van der Waals surface area contributed by atoms with Gasteiger partial charge in [-0.05, 0) is 57.2 Å². The molecule has 3 rings (SSSR count). The zero-order valence-electron chi connectivity index (χ0n) is 21.9. The molecule has 3 aromatic rings. The first kappa shape index (κ1) is 30.4. The first-order chi connectivity index (χ1) is 17.7. The number of carbonyl (C=O) groups excluding carboxylic acids is 3. The van der Waals surface area contributed by atoms with E-state index in [0.717, 1.165) is 12.1 Å². The van der Waals surface area contributed by atoms with Crippen LogP contribution in [0.25, 0.3) is 10.9 Å². The molecule has 0 atom stereocenters. The molecule has 2 heterocycles. The minimum absolute atomic E-state index is 0.272. The summed E-state index contributed by atoms with van der Waals surface area (Å²) >= 11 is 0. The van der Waals surface area contributed by atoms with Crippen LogP contribution in [0.1, 0.15) is 72.3 Å². The van der Waals surface area contributed by atoms with Gasteiger partial charge < -0.3 is 34.7 Å². The van der Waals surface area contributed by atoms with E-state index < -0.39 is 29.7 Å². The number of ether oxygens (including phenoxy) is 2. The van der Waals surface area contributed by atoms with Gasteiger partial charge in [0, 0.05) is 17.3 Å². The lowest BCUT2D eigenvalue weighted by atomic mass is 10.1. The maximum absolute atomic E-state index is 12.8. The molecule has 208 valence electrons. The van der Waals surface area contributed by atoms with Crippen LogP contribution in [0.3, 0.4) is 0 Å². The number of esters is 2. The SMILES string of the molecule is CCOC(=O)c1c(C[NH2+]Cc2ccc3cc[nH]c3c2)[nH]c(C(=O)OC(C)(C)C)c1CC.O=C([O-])C(F)(F)F. The van der Waals surface area contributed by atoms with E-state index in [0.29, 0.717) is 35.5 Å². The minimum Gasteiger partial charge on any atom is -0.542 e. The van der Waals surface area contributed by atoms with Crippen LogP contribution in [-0.2, 0) is 33.8 Å². The summed E-state index contributed by atoms with van der Waals surface area (Å²) in [5.74, 6) is -3.88. The van der Waals surface area contributed by atoms with Gasteiger partial charge in [0.25, 0.3) is 0 Å². The number of nitrogens with two attached hydrogens (primary N) is 1. The van der Waals surface area contributed by atoms with E-state index in [2.05, 4.69) is 33.5 Å². The Kier molecular flexibility index (Phi) is 10.1. The molecule has 0 radical (unpaired) electrons. The highest BCUT2D eigenvalue weighted by Gasteiger charge is 2.30. The smallest absolute Gasteiger partial charge is 0.430 e. The summed E-state index contributed by atoms with van der Waals surface area (Å²) in [5, 5.41) is 12.1. The molecule has 1 aromatic carbocycles. The number of H-pyrrole nitrogens is 2. The Morgan fingerprint density at radius 1 is 1.03 bits per heavy atom. The molecule has 0 spiro atoms. The van der Waals surface area contributed by atoms with Crippen molar-refractivity contribution in [1.29, 1.82) is 0 Å². The van der Waals surface area contributed by atoms with Crippen LogP contribution in [-0.4, -0.2) is 46.3 Å². The Morgan fingerprint density at radius 2 is 1.68 bits per heavy atom. The van der Waals surface area contributed by atoms with Gasteiger partial charge in [0.05, 0.1) is 17.9 Å². The fourth-order valence-electron chi connectivity index (χ4n) is 3.66. The second-order valence-electron chi connectivity index (χ2n) is 9.29. The summed E-state index contributed by atoms with van der Waals surface area (Å²) in [6.45, 7) is 10.7. The normalized spacial score (nSPS) is 11.6. The van der Waals surface area contributed by atoms with Crippen molar-refractivity contribution < 1.29 is 47.5 Å². The summed E-state index contributed by atoms with van der Waals surface area (Å²) in [6, 6.07) is 8.34. The average molecular weight is 540 g/mol. The van der Waals surface area contributed by atoms with E-state index in [1.807, 2.05) is 40.0 Å². The number of aromatic nitrogens is 2. The molecule has 0 saturated carbocycles. The van der Waals surface area contributed by atoms with Crippen molar-refractivity contribution in [3.63, 3.8) is 0 Å². The second kappa shape index (κ2) is 12.6. The van der Waals surface area contributed by atoms with E-state index in [1.54, 1.807) is 6.92 Å². The van der Waals surface area contributed by atoms with Crippen LogP contribution >= 0.6 is 0 Å². The summed E-state index contributed by atoms with van der Waals surface area (Å²) in [5.41, 5.74) is 3.74. The Morgan fingerprint density at radius 3 is 2.24 bits per heavy atom. The zero-order chi connectivity index (χ0) is 28.7. The van der Waals surface area contributed by atoms with Crippen LogP contribution in [0.5, 0.6) is 0 Å². The number of alkyl halides is 3. The monoisotopic (exact) mass is 539 g/mol. The number of fused-ring (bicyclic) bond motifs is 1. The number of carbonyl (C=O) groups is 3. The number of hydrogen-bond donors (Lipinski definition) is 3. The number of hydrogen-bond acceptors (Lipinski definition) is 6. The Labute approximate surface area is 217 Å². The molecule has 0 aliphatic heterocycles. The molecule has 12 heteroatoms. The molecule has 0 unspecified atom stereocenters. The highest BCUT2D eigenvalue weighted by molar-refractivity contribution is 5.98. The lowest BCUT2D eigenvalue weighted by molar-refractivity contribution is -0.686. The van der Waals surface area contributed by atoms with Gasteiger partial charge in [-0.25, -0.2) is 9.59 Å². The first-order valence-electron chi connectivity index (χ1n) is 12.0. The number of rotatable bonds is 8. The third kappa shape index (κ3) is 8.37. The molecule has 0 bridgehead atoms. The number of carboxylic acids is 1. The molecule has 38 heavy (non-hydrogen) atoms. The van der Waals surface area contributed by atoms with E-state index in [9.17, 15) is 22.8 Å². The molecule has 0 amide bonds. The number of benzene rings is 1. The number of halogens is 3. The Hall–Kier alpha value is -3.80. The molecular formula is C26H32F3N3O6. The van der Waals surface area contributed by atoms with Gasteiger partial charge in [0.2, 0.25) is 0 Å². The van der Waals surface area contributed by atoms with Crippen molar-refractivity contribution in [1.82, 2.24) is 9.97 Å². The predicted molar refractivity (Wildman–Crippen MR) is 130 cm³/mol. The summed E-state index contributed by atoms with van der Waals surface area (Å²) in [4.78, 5) is 40.6. The van der Waals surface area contributed by atoms with Crippen molar-refractivity contribution in [3.8, 4) is 0 Å². The van der Waals surface area contributed by atoms with Crippen molar-refractivity contribution in [3.05, 3.63) is 58.5 Å². The lowest BCUT2D eigenvalue weighted by Crippen LogP contribution is -2.81. The number of quaternary nitrogens is 1. The highest BCUT2D eigenvalue weighted by atomic mass is 19.4. The quantitative estimate of drug-likeness (QED) is 0.376. The number of aromatic amines is 2. The van der Waals surface area contributed by atoms with Gasteiger partial charge in [-0.1, -0.05) is 19.1 Å². The standard InChI is InChI=1S/C24H31N3O4.C2HF3O2/c1-6-17-20(22(28)30-7-2)19(27-21(17)23(29)31-24(3,4)5)14-25-13-15-8-9-16-10-11-26-18(16)12-15;3-2(4,5)1(6)7/h8-12,25-27H,6-7,13-14H2,1-5H3;(H,6,7). The molecular weight excluding hydrogens is 507 g/mol. The minimum atomic E-state index is -5.19. The van der Waals surface area contributed by atoms with Gasteiger partial charge in [0.15, 0.2) is 0 Å². The lowest BCUT2D eigenvalue weighted by Gasteiger charge is -2.19. The first-order valence-corrected chi connectivity index (χ1v) is 12.0. The third-order valence-corrected chi connectivity index (χ3v) is 5.20. The van der Waals surface area contributed by atoms with Crippen LogP contribution in [0, 0.1) is 0 Å². The zero-order valence-corrected chi connectivity index (χ0v) is 21.9. The van der Waals surface area contributed by atoms with Gasteiger partial charge in [-0.15, -0.1) is 0 Å². The van der Waals surface area contributed by atoms with Crippen LogP contribution < -0.4 is 10.4 Å². The maximum Gasteiger partial charge on any atom is 0.430 e. The van der Waals surface area contributed by atoms with Gasteiger partial charge in [-0.2, -0.15) is 13.2 Å². The van der Waals surface area contributed by atoms with E-state index in [1.165, 1.54) is 10.9 Å². The number of carboxylic acid groups (broad SMARTS) is 1. The summed E-state index contributed by atoms with van der Waals surface area (Å²) in [6.07, 6.45) is -2.75. The van der Waals surface area contributed by atoms with E-state index in [-0.39, 0.29) is 6.61 Å². The molecule has 0 fully saturated rings. The third-order valence-electron chi connectivity index (χ3n) is 5.20. The van der Waals surface area contributed by atoms with Crippen molar-refractivity contribution in [2.45, 2.75) is 65.9 Å². The van der Waals surface area contributed by atoms with E-state index >= 15 is 0 Å². The molecule has 0 aliphatic carbocycles. The van der Waals surface area contributed by atoms with Crippen LogP contribution in [0.4, 0.5) is 13.2 Å². The van der Waals surface area contributed by atoms with Crippen molar-refractivity contribution in [2.75, 3.05) is 6.61 Å². The van der Waals surface area contributed by atoms with Crippen LogP contribution in [0.2, 0.25) is 0 Å². The predicted octanol–water partition coefficient (Wildman–Crippen LogP) is 2.75. The molecule has 9 nitrogen and oxygen atoms in total. The summed E-state index contributed by atoms with van der Waals surface area (Å²) in [7, 11) is 0. The number of aliphatic carboxylic acids is 1. The van der Waals surface area contributed by atoms with Gasteiger partial charge >= 0.3 is 18.1 Å². The molecule has 0 aliphatic rings. The number of nitrogens with one attached hydrogen (secondary N) is 2. The fourth-order valence-corrected chi connectivity index (χ4v) is 3.66. The molecule has 4 N–H and O–H groups in total. The van der Waals surface area contributed by atoms with Crippen LogP contribution in [0.15, 0.2) is 30.5 Å². The average Bonchev–Trinajstić information content (AvgIpc) is 3.42. The van der Waals surface area contributed by atoms with E-state index in [4.69, 9.17) is 19.4 Å². The molecule has 0 saturated heterocycles. The van der Waals surface area contributed by atoms with Crippen molar-refractivity contribution in [2.24, 2.45) is 0 Å². The van der Waals surface area contributed by atoms with Crippen molar-refractivity contribution >= 4 is 28.8 Å². The van der Waals surface area contributed by atoms with Gasteiger partial charge in [-0.3, -0.25) is 0 Å². The Bertz CT molecular complexity index is 1270. The summed E-state index contributed by atoms with van der Waals surface area (Å²) < 4.78 is 42.4. The van der Waals surface area contributed by atoms with Gasteiger partial charge in [0.1, 0.15) is 30.4 Å². The highest BCUT2D eigenvalue weighted by Crippen LogP contribution is 2.24.